The fraction of sp³-hybridized carbons (Fsp3) is 0.267. The van der Waals surface area contributed by atoms with Gasteiger partial charge in [-0.15, -0.1) is 0 Å². The van der Waals surface area contributed by atoms with Gasteiger partial charge in [-0.1, -0.05) is 71.8 Å². The Kier molecular flexibility index (Phi) is 10.5. The topological polar surface area (TPSA) is 92.2 Å². The molecule has 7 nitrogen and oxygen atoms in total. The highest BCUT2D eigenvalue weighted by Crippen LogP contribution is 2.45. The Balaban J connectivity index is 1.74. The third-order valence-electron chi connectivity index (χ3n) is 6.24. The lowest BCUT2D eigenvalue weighted by Crippen LogP contribution is -2.52. The molecule has 210 valence electrons. The van der Waals surface area contributed by atoms with Crippen LogP contribution in [0.25, 0.3) is 6.08 Å². The summed E-state index contributed by atoms with van der Waals surface area (Å²) in [5.74, 6) is 0.360. The number of aliphatic imine (C=N–C) groups is 1. The van der Waals surface area contributed by atoms with Crippen LogP contribution in [0.3, 0.4) is 0 Å². The Labute approximate surface area is 242 Å². The Morgan fingerprint density at radius 3 is 2.60 bits per heavy atom. The van der Waals surface area contributed by atoms with Gasteiger partial charge >= 0.3 is 0 Å². The maximum Gasteiger partial charge on any atom is 0.266 e. The largest absolute Gasteiger partial charge is 0.494 e. The second-order valence-corrected chi connectivity index (χ2v) is 9.89. The number of nitrogens with zero attached hydrogens (tertiary/aromatic N) is 1. The summed E-state index contributed by atoms with van der Waals surface area (Å²) < 4.78 is 24.8. The molecule has 3 N–H and O–H groups in total. The number of rotatable bonds is 13. The number of ether oxygens (including phenoxy) is 2. The first-order valence-corrected chi connectivity index (χ1v) is 13.6. The Morgan fingerprint density at radius 1 is 1.12 bits per heavy atom. The van der Waals surface area contributed by atoms with Gasteiger partial charge in [0.05, 0.1) is 6.61 Å². The van der Waals surface area contributed by atoms with Gasteiger partial charge in [-0.2, -0.15) is 0 Å². The number of hydrazine groups is 1. The van der Waals surface area contributed by atoms with Crippen molar-refractivity contribution in [2.75, 3.05) is 26.4 Å². The van der Waals surface area contributed by atoms with Crippen molar-refractivity contribution in [2.24, 2.45) is 4.99 Å². The monoisotopic (exact) mass is 585 g/mol. The molecule has 4 rings (SSSR count). The summed E-state index contributed by atoms with van der Waals surface area (Å²) in [6, 6.07) is 21.7. The zero-order chi connectivity index (χ0) is 28.4. The van der Waals surface area contributed by atoms with Crippen LogP contribution < -0.4 is 15.6 Å². The van der Waals surface area contributed by atoms with Gasteiger partial charge in [-0.05, 0) is 42.0 Å². The molecule has 0 saturated heterocycles. The molecular formula is C30H30Cl2FN3O4. The SMILES string of the molecule is O=C(NNCCF)[C@@]1(C/C=C/c2ccccc2)N=C(c2ccc(OCCCO)cc2)O[C@H]1c1ccc(Cl)cc1Cl. The quantitative estimate of drug-likeness (QED) is 0.177. The molecule has 0 radical (unpaired) electrons. The summed E-state index contributed by atoms with van der Waals surface area (Å²) in [6.07, 6.45) is 3.51. The van der Waals surface area contributed by atoms with Crippen molar-refractivity contribution in [2.45, 2.75) is 24.5 Å². The highest BCUT2D eigenvalue weighted by atomic mass is 35.5. The minimum atomic E-state index is -1.49. The van der Waals surface area contributed by atoms with Crippen LogP contribution in [0, 0.1) is 0 Å². The first kappa shape index (κ1) is 29.6. The number of halogens is 3. The fourth-order valence-electron chi connectivity index (χ4n) is 4.24. The highest BCUT2D eigenvalue weighted by Gasteiger charge is 2.53. The highest BCUT2D eigenvalue weighted by molar-refractivity contribution is 6.35. The van der Waals surface area contributed by atoms with Gasteiger partial charge in [0.25, 0.3) is 5.91 Å². The lowest BCUT2D eigenvalue weighted by atomic mass is 9.84. The summed E-state index contributed by atoms with van der Waals surface area (Å²) in [5, 5.41) is 9.74. The lowest BCUT2D eigenvalue weighted by Gasteiger charge is -2.30. The van der Waals surface area contributed by atoms with E-state index < -0.39 is 24.2 Å². The van der Waals surface area contributed by atoms with Crippen molar-refractivity contribution in [3.8, 4) is 5.75 Å². The van der Waals surface area contributed by atoms with Gasteiger partial charge in [0.15, 0.2) is 11.6 Å². The first-order chi connectivity index (χ1) is 19.5. The first-order valence-electron chi connectivity index (χ1n) is 12.8. The molecule has 0 unspecified atom stereocenters. The standard InChI is InChI=1S/C30H30Cl2FN3O4/c31-23-11-14-25(26(32)20-23)27-30(29(38)36-34-17-16-33,15-4-8-21-6-2-1-3-7-21)35-28(40-27)22-9-12-24(13-10-22)39-19-5-18-37/h1-4,6-14,20,27,34,37H,5,15-19H2,(H,36,38)/b8-4+/t27-,30-/m0/s1. The van der Waals surface area contributed by atoms with E-state index in [0.29, 0.717) is 39.9 Å². The summed E-state index contributed by atoms with van der Waals surface area (Å²) in [4.78, 5) is 18.7. The molecule has 1 amide bonds. The molecule has 1 aliphatic heterocycles. The number of aliphatic hydroxyl groups is 1. The van der Waals surface area contributed by atoms with E-state index >= 15 is 0 Å². The van der Waals surface area contributed by atoms with Gasteiger partial charge in [0, 0.05) is 47.2 Å². The molecule has 2 atom stereocenters. The summed E-state index contributed by atoms with van der Waals surface area (Å²) >= 11 is 12.8. The summed E-state index contributed by atoms with van der Waals surface area (Å²) in [5.41, 5.74) is 5.83. The molecule has 0 aliphatic carbocycles. The van der Waals surface area contributed by atoms with Crippen LogP contribution in [-0.2, 0) is 9.53 Å². The predicted molar refractivity (Wildman–Crippen MR) is 155 cm³/mol. The van der Waals surface area contributed by atoms with Gasteiger partial charge in [0.1, 0.15) is 12.4 Å². The smallest absolute Gasteiger partial charge is 0.266 e. The second-order valence-electron chi connectivity index (χ2n) is 9.04. The maximum absolute atomic E-state index is 13.8. The zero-order valence-corrected chi connectivity index (χ0v) is 23.2. The van der Waals surface area contributed by atoms with Crippen LogP contribution >= 0.6 is 23.2 Å². The number of hydrogen-bond donors (Lipinski definition) is 3. The molecule has 3 aromatic rings. The average molecular weight is 586 g/mol. The fourth-order valence-corrected chi connectivity index (χ4v) is 4.75. The average Bonchev–Trinajstić information content (AvgIpc) is 3.34. The van der Waals surface area contributed by atoms with E-state index in [9.17, 15) is 9.18 Å². The minimum absolute atomic E-state index is 0.0421. The molecule has 10 heteroatoms. The van der Waals surface area contributed by atoms with Crippen molar-refractivity contribution in [3.05, 3.63) is 106 Å². The van der Waals surface area contributed by atoms with Crippen LogP contribution in [0.15, 0.2) is 83.9 Å². The lowest BCUT2D eigenvalue weighted by molar-refractivity contribution is -0.129. The predicted octanol–water partition coefficient (Wildman–Crippen LogP) is 5.71. The molecule has 1 aliphatic rings. The Morgan fingerprint density at radius 2 is 1.90 bits per heavy atom. The number of nitrogens with one attached hydrogen (secondary N) is 2. The van der Waals surface area contributed by atoms with E-state index in [0.717, 1.165) is 5.56 Å². The Hall–Kier alpha value is -3.43. The van der Waals surface area contributed by atoms with Crippen LogP contribution in [0.2, 0.25) is 10.0 Å². The van der Waals surface area contributed by atoms with E-state index in [2.05, 4.69) is 10.9 Å². The number of alkyl halides is 1. The summed E-state index contributed by atoms with van der Waals surface area (Å²) in [6.45, 7) is -0.303. The third-order valence-corrected chi connectivity index (χ3v) is 6.80. The van der Waals surface area contributed by atoms with E-state index in [1.165, 1.54) is 0 Å². The molecule has 3 aromatic carbocycles. The van der Waals surface area contributed by atoms with Crippen LogP contribution in [0.4, 0.5) is 4.39 Å². The molecule has 0 bridgehead atoms. The summed E-state index contributed by atoms with van der Waals surface area (Å²) in [7, 11) is 0. The minimum Gasteiger partial charge on any atom is -0.494 e. The van der Waals surface area contributed by atoms with Crippen molar-refractivity contribution < 1.29 is 23.8 Å². The number of carbonyl (C=O) groups excluding carboxylic acids is 1. The molecule has 0 saturated carbocycles. The molecule has 0 fully saturated rings. The van der Waals surface area contributed by atoms with E-state index in [4.69, 9.17) is 42.8 Å². The van der Waals surface area contributed by atoms with Crippen molar-refractivity contribution in [1.82, 2.24) is 10.9 Å². The Bertz CT molecular complexity index is 1340. The molecule has 0 aromatic heterocycles. The number of aliphatic hydroxyl groups excluding tert-OH is 1. The van der Waals surface area contributed by atoms with E-state index in [1.807, 2.05) is 42.5 Å². The van der Waals surface area contributed by atoms with Crippen LogP contribution in [-0.4, -0.2) is 48.9 Å². The molecular weight excluding hydrogens is 556 g/mol. The van der Waals surface area contributed by atoms with E-state index in [-0.39, 0.29) is 25.5 Å². The van der Waals surface area contributed by atoms with Crippen molar-refractivity contribution in [3.63, 3.8) is 0 Å². The van der Waals surface area contributed by atoms with Gasteiger partial charge in [-0.25, -0.2) is 14.8 Å². The number of amides is 1. The van der Waals surface area contributed by atoms with E-state index in [1.54, 1.807) is 42.5 Å². The van der Waals surface area contributed by atoms with Gasteiger partial charge in [0.2, 0.25) is 5.90 Å². The second kappa shape index (κ2) is 14.3. The zero-order valence-electron chi connectivity index (χ0n) is 21.7. The molecule has 1 heterocycles. The normalized spacial score (nSPS) is 18.4. The number of carbonyl (C=O) groups is 1. The van der Waals surface area contributed by atoms with Crippen LogP contribution in [0.5, 0.6) is 5.75 Å². The molecule has 40 heavy (non-hydrogen) atoms. The van der Waals surface area contributed by atoms with Gasteiger partial charge in [-0.3, -0.25) is 10.2 Å². The van der Waals surface area contributed by atoms with Crippen LogP contribution in [0.1, 0.15) is 35.6 Å². The number of hydrogen-bond acceptors (Lipinski definition) is 6. The van der Waals surface area contributed by atoms with Crippen molar-refractivity contribution >= 4 is 41.1 Å². The third kappa shape index (κ3) is 7.20. The van der Waals surface area contributed by atoms with Crippen molar-refractivity contribution in [1.29, 1.82) is 0 Å². The maximum atomic E-state index is 13.8. The molecule has 0 spiro atoms. The van der Waals surface area contributed by atoms with Gasteiger partial charge < -0.3 is 14.6 Å². The number of benzene rings is 3.